The first-order chi connectivity index (χ1) is 10.5. The second kappa shape index (κ2) is 5.71. The molecule has 0 saturated carbocycles. The zero-order valence-corrected chi connectivity index (χ0v) is 12.8. The van der Waals surface area contributed by atoms with Gasteiger partial charge in [0.15, 0.2) is 0 Å². The Morgan fingerprint density at radius 3 is 2.86 bits per heavy atom. The van der Waals surface area contributed by atoms with Gasteiger partial charge in [-0.15, -0.1) is 0 Å². The van der Waals surface area contributed by atoms with E-state index in [0.29, 0.717) is 19.6 Å². The summed E-state index contributed by atoms with van der Waals surface area (Å²) in [5.41, 5.74) is 0.390. The fourth-order valence-corrected chi connectivity index (χ4v) is 3.68. The van der Waals surface area contributed by atoms with Crippen LogP contribution in [0.15, 0.2) is 24.3 Å². The topological polar surface area (TPSA) is 40.6 Å². The minimum Gasteiger partial charge on any atom is -0.342 e. The predicted octanol–water partition coefficient (Wildman–Crippen LogP) is 2.19. The van der Waals surface area contributed by atoms with E-state index in [-0.39, 0.29) is 17.6 Å². The average Bonchev–Trinajstić information content (AvgIpc) is 2.77. The van der Waals surface area contributed by atoms with Crippen LogP contribution in [-0.2, 0) is 16.1 Å². The molecule has 0 N–H and O–H groups in total. The number of carbonyl (C=O) groups excluding carboxylic acids is 2. The van der Waals surface area contributed by atoms with Crippen LogP contribution in [0.2, 0.25) is 0 Å². The molecule has 2 aliphatic rings. The Balaban J connectivity index is 1.73. The van der Waals surface area contributed by atoms with E-state index in [2.05, 4.69) is 0 Å². The van der Waals surface area contributed by atoms with Crippen molar-refractivity contribution in [1.82, 2.24) is 9.80 Å². The molecule has 0 radical (unpaired) electrons. The maximum atomic E-state index is 13.3. The predicted molar refractivity (Wildman–Crippen MR) is 80.4 cm³/mol. The molecule has 0 aliphatic carbocycles. The van der Waals surface area contributed by atoms with Crippen molar-refractivity contribution in [2.45, 2.75) is 32.7 Å². The normalized spacial score (nSPS) is 25.1. The van der Waals surface area contributed by atoms with Gasteiger partial charge in [-0.1, -0.05) is 12.1 Å². The van der Waals surface area contributed by atoms with Crippen LogP contribution in [0.4, 0.5) is 4.39 Å². The SMILES string of the molecule is CC(=O)N1CCC[C@@]2(CCN(Cc3cccc(F)c3)C2=O)C1. The molecule has 3 rings (SSSR count). The number of halogens is 1. The monoisotopic (exact) mass is 304 g/mol. The quantitative estimate of drug-likeness (QED) is 0.840. The smallest absolute Gasteiger partial charge is 0.230 e. The van der Waals surface area contributed by atoms with E-state index in [0.717, 1.165) is 31.4 Å². The van der Waals surface area contributed by atoms with E-state index in [1.165, 1.54) is 12.1 Å². The highest BCUT2D eigenvalue weighted by atomic mass is 19.1. The van der Waals surface area contributed by atoms with Gasteiger partial charge in [0, 0.05) is 33.1 Å². The highest BCUT2D eigenvalue weighted by Gasteiger charge is 2.49. The number of benzene rings is 1. The summed E-state index contributed by atoms with van der Waals surface area (Å²) in [5, 5.41) is 0. The lowest BCUT2D eigenvalue weighted by atomic mass is 9.78. The fourth-order valence-electron chi connectivity index (χ4n) is 3.68. The lowest BCUT2D eigenvalue weighted by molar-refractivity contribution is -0.142. The van der Waals surface area contributed by atoms with Crippen molar-refractivity contribution in [2.75, 3.05) is 19.6 Å². The Kier molecular flexibility index (Phi) is 3.89. The van der Waals surface area contributed by atoms with Gasteiger partial charge in [-0.2, -0.15) is 0 Å². The van der Waals surface area contributed by atoms with Crippen molar-refractivity contribution in [1.29, 1.82) is 0 Å². The van der Waals surface area contributed by atoms with Gasteiger partial charge in [-0.05, 0) is 37.0 Å². The zero-order valence-electron chi connectivity index (χ0n) is 12.8. The standard InChI is InChI=1S/C17H21FN2O2/c1-13(21)20-8-3-6-17(12-20)7-9-19(16(17)22)11-14-4-2-5-15(18)10-14/h2,4-5,10H,3,6-9,11-12H2,1H3/t17-/m1/s1. The molecular formula is C17H21FN2O2. The van der Waals surface area contributed by atoms with Gasteiger partial charge in [0.2, 0.25) is 11.8 Å². The van der Waals surface area contributed by atoms with Crippen molar-refractivity contribution in [3.8, 4) is 0 Å². The van der Waals surface area contributed by atoms with E-state index in [9.17, 15) is 14.0 Å². The lowest BCUT2D eigenvalue weighted by Gasteiger charge is -2.38. The van der Waals surface area contributed by atoms with Gasteiger partial charge in [-0.3, -0.25) is 9.59 Å². The molecule has 1 aromatic rings. The molecule has 118 valence electrons. The Labute approximate surface area is 129 Å². The summed E-state index contributed by atoms with van der Waals surface area (Å²) < 4.78 is 13.3. The summed E-state index contributed by atoms with van der Waals surface area (Å²) in [5.74, 6) is -0.127. The molecule has 1 atom stereocenters. The molecular weight excluding hydrogens is 283 g/mol. The third-order valence-electron chi connectivity index (χ3n) is 4.89. The van der Waals surface area contributed by atoms with Gasteiger partial charge < -0.3 is 9.80 Å². The Bertz CT molecular complexity index is 604. The van der Waals surface area contributed by atoms with Crippen molar-refractivity contribution >= 4 is 11.8 Å². The molecule has 2 heterocycles. The number of piperidine rings is 1. The first kappa shape index (κ1) is 15.0. The van der Waals surface area contributed by atoms with Crippen LogP contribution in [0.25, 0.3) is 0 Å². The zero-order chi connectivity index (χ0) is 15.7. The van der Waals surface area contributed by atoms with E-state index in [1.807, 2.05) is 6.07 Å². The van der Waals surface area contributed by atoms with Crippen LogP contribution in [0.3, 0.4) is 0 Å². The Hall–Kier alpha value is -1.91. The number of nitrogens with zero attached hydrogens (tertiary/aromatic N) is 2. The molecule has 0 unspecified atom stereocenters. The van der Waals surface area contributed by atoms with Gasteiger partial charge in [0.1, 0.15) is 5.82 Å². The number of likely N-dealkylation sites (tertiary alicyclic amines) is 2. The Morgan fingerprint density at radius 2 is 2.14 bits per heavy atom. The number of hydrogen-bond acceptors (Lipinski definition) is 2. The molecule has 2 fully saturated rings. The molecule has 2 amide bonds. The van der Waals surface area contributed by atoms with Crippen molar-refractivity contribution in [3.05, 3.63) is 35.6 Å². The summed E-state index contributed by atoms with van der Waals surface area (Å²) in [4.78, 5) is 28.0. The van der Waals surface area contributed by atoms with Crippen molar-refractivity contribution in [2.24, 2.45) is 5.41 Å². The van der Waals surface area contributed by atoms with E-state index in [1.54, 1.807) is 22.8 Å². The first-order valence-corrected chi connectivity index (χ1v) is 7.79. The summed E-state index contributed by atoms with van der Waals surface area (Å²) >= 11 is 0. The minimum atomic E-state index is -0.419. The second-order valence-corrected chi connectivity index (χ2v) is 6.43. The summed E-state index contributed by atoms with van der Waals surface area (Å²) in [6, 6.07) is 6.38. The largest absolute Gasteiger partial charge is 0.342 e. The number of hydrogen-bond donors (Lipinski definition) is 0. The lowest BCUT2D eigenvalue weighted by Crippen LogP contribution is -2.49. The molecule has 5 heteroatoms. The number of carbonyl (C=O) groups is 2. The minimum absolute atomic E-state index is 0.0375. The number of amides is 2. The molecule has 0 bridgehead atoms. The van der Waals surface area contributed by atoms with E-state index < -0.39 is 5.41 Å². The third-order valence-corrected chi connectivity index (χ3v) is 4.89. The van der Waals surface area contributed by atoms with Crippen molar-refractivity contribution < 1.29 is 14.0 Å². The summed E-state index contributed by atoms with van der Waals surface area (Å²) in [7, 11) is 0. The van der Waals surface area contributed by atoms with Crippen LogP contribution in [-0.4, -0.2) is 41.2 Å². The van der Waals surface area contributed by atoms with Crippen LogP contribution >= 0.6 is 0 Å². The average molecular weight is 304 g/mol. The molecule has 22 heavy (non-hydrogen) atoms. The molecule has 1 spiro atoms. The highest BCUT2D eigenvalue weighted by molar-refractivity contribution is 5.86. The maximum Gasteiger partial charge on any atom is 0.230 e. The first-order valence-electron chi connectivity index (χ1n) is 7.79. The summed E-state index contributed by atoms with van der Waals surface area (Å²) in [6.07, 6.45) is 2.50. The Morgan fingerprint density at radius 1 is 1.32 bits per heavy atom. The maximum absolute atomic E-state index is 13.3. The van der Waals surface area contributed by atoms with E-state index >= 15 is 0 Å². The third kappa shape index (κ3) is 2.72. The second-order valence-electron chi connectivity index (χ2n) is 6.43. The van der Waals surface area contributed by atoms with E-state index in [4.69, 9.17) is 0 Å². The van der Waals surface area contributed by atoms with Crippen molar-refractivity contribution in [3.63, 3.8) is 0 Å². The molecule has 0 aromatic heterocycles. The van der Waals surface area contributed by atoms with Crippen LogP contribution in [0.1, 0.15) is 31.7 Å². The van der Waals surface area contributed by atoms with Gasteiger partial charge in [-0.25, -0.2) is 4.39 Å². The van der Waals surface area contributed by atoms with Crippen LogP contribution in [0.5, 0.6) is 0 Å². The fraction of sp³-hybridized carbons (Fsp3) is 0.529. The van der Waals surface area contributed by atoms with Gasteiger partial charge in [0.05, 0.1) is 5.41 Å². The number of rotatable bonds is 2. The summed E-state index contributed by atoms with van der Waals surface area (Å²) in [6.45, 7) is 3.96. The van der Waals surface area contributed by atoms with Gasteiger partial charge >= 0.3 is 0 Å². The molecule has 2 aliphatic heterocycles. The highest BCUT2D eigenvalue weighted by Crippen LogP contribution is 2.40. The van der Waals surface area contributed by atoms with Gasteiger partial charge in [0.25, 0.3) is 0 Å². The molecule has 1 aromatic carbocycles. The molecule has 4 nitrogen and oxygen atoms in total. The van der Waals surface area contributed by atoms with Crippen LogP contribution in [0, 0.1) is 11.2 Å². The molecule has 2 saturated heterocycles. The van der Waals surface area contributed by atoms with Crippen LogP contribution < -0.4 is 0 Å².